The molecule has 0 radical (unpaired) electrons. The minimum Gasteiger partial charge on any atom is -0.455 e. The zero-order valence-corrected chi connectivity index (χ0v) is 35.7. The van der Waals surface area contributed by atoms with E-state index in [0.717, 1.165) is 55.4 Å². The SMILES string of the molecule is c1ccc2cc(-c3c4cccc(-c5cccc6c5oc5ccc7sc8ccccc8c7c56)c4cc4c(-c5cccc6c5oc5ccc7sc8ccccc8c7c56)cccc34)ccc2c1. The molecule has 0 aliphatic heterocycles. The molecule has 0 fully saturated rings. The second-order valence-electron chi connectivity index (χ2n) is 17.0. The molecule has 0 spiro atoms. The van der Waals surface area contributed by atoms with Crippen molar-refractivity contribution in [3.63, 3.8) is 0 Å². The van der Waals surface area contributed by atoms with Gasteiger partial charge in [-0.3, -0.25) is 0 Å². The Labute approximate surface area is 373 Å². The van der Waals surface area contributed by atoms with Crippen LogP contribution in [0.1, 0.15) is 0 Å². The topological polar surface area (TPSA) is 26.3 Å². The van der Waals surface area contributed by atoms with Crippen molar-refractivity contribution in [2.45, 2.75) is 0 Å². The second kappa shape index (κ2) is 12.9. The maximum absolute atomic E-state index is 6.98. The summed E-state index contributed by atoms with van der Waals surface area (Å²) in [6, 6.07) is 71.1. The normalized spacial score (nSPS) is 12.4. The highest BCUT2D eigenvalue weighted by atomic mass is 32.1. The van der Waals surface area contributed by atoms with Gasteiger partial charge in [0.2, 0.25) is 0 Å². The van der Waals surface area contributed by atoms with Crippen LogP contribution in [0.2, 0.25) is 0 Å². The largest absolute Gasteiger partial charge is 0.455 e. The summed E-state index contributed by atoms with van der Waals surface area (Å²) in [5, 5.41) is 16.9. The molecule has 4 heterocycles. The summed E-state index contributed by atoms with van der Waals surface area (Å²) < 4.78 is 19.1. The third-order valence-electron chi connectivity index (χ3n) is 13.7. The van der Waals surface area contributed by atoms with Gasteiger partial charge in [0.15, 0.2) is 0 Å². The Kier molecular flexibility index (Phi) is 7.01. The number of fused-ring (bicyclic) bond motifs is 17. The molecule has 0 amide bonds. The molecule has 0 unspecified atom stereocenters. The lowest BCUT2D eigenvalue weighted by Gasteiger charge is -2.18. The van der Waals surface area contributed by atoms with Crippen molar-refractivity contribution in [3.8, 4) is 33.4 Å². The van der Waals surface area contributed by atoms with E-state index in [4.69, 9.17) is 8.83 Å². The Morgan fingerprint density at radius 3 is 1.31 bits per heavy atom. The maximum atomic E-state index is 6.98. The predicted octanol–water partition coefficient (Wildman–Crippen LogP) is 18.7. The quantitative estimate of drug-likeness (QED) is 0.166. The van der Waals surface area contributed by atoms with E-state index < -0.39 is 0 Å². The molecule has 15 aromatic rings. The molecule has 0 saturated heterocycles. The number of thiophene rings is 2. The van der Waals surface area contributed by atoms with E-state index in [1.807, 2.05) is 22.7 Å². The van der Waals surface area contributed by atoms with Gasteiger partial charge in [-0.1, -0.05) is 146 Å². The van der Waals surface area contributed by atoms with E-state index in [9.17, 15) is 0 Å². The van der Waals surface area contributed by atoms with Gasteiger partial charge in [-0.25, -0.2) is 0 Å². The smallest absolute Gasteiger partial charge is 0.143 e. The van der Waals surface area contributed by atoms with Crippen molar-refractivity contribution in [2.24, 2.45) is 0 Å². The fraction of sp³-hybridized carbons (Fsp3) is 0. The summed E-state index contributed by atoms with van der Waals surface area (Å²) in [5.41, 5.74) is 10.5. The summed E-state index contributed by atoms with van der Waals surface area (Å²) in [4.78, 5) is 0. The molecule has 4 aromatic heterocycles. The highest BCUT2D eigenvalue weighted by molar-refractivity contribution is 7.26. The zero-order valence-electron chi connectivity index (χ0n) is 34.1. The van der Waals surface area contributed by atoms with Crippen molar-refractivity contribution in [2.75, 3.05) is 0 Å². The average molecular weight is 849 g/mol. The van der Waals surface area contributed by atoms with E-state index >= 15 is 0 Å². The highest BCUT2D eigenvalue weighted by Gasteiger charge is 2.23. The maximum Gasteiger partial charge on any atom is 0.143 e. The van der Waals surface area contributed by atoms with Crippen LogP contribution in [0.4, 0.5) is 0 Å². The third-order valence-corrected chi connectivity index (χ3v) is 15.9. The molecular formula is C60H32O2S2. The lowest BCUT2D eigenvalue weighted by Crippen LogP contribution is -1.91. The van der Waals surface area contributed by atoms with Crippen LogP contribution in [0.15, 0.2) is 203 Å². The van der Waals surface area contributed by atoms with Crippen molar-refractivity contribution >= 4 is 139 Å². The minimum atomic E-state index is 0.910. The summed E-state index contributed by atoms with van der Waals surface area (Å²) in [6.07, 6.45) is 0. The summed E-state index contributed by atoms with van der Waals surface area (Å²) in [6.45, 7) is 0. The molecule has 0 bridgehead atoms. The molecule has 0 saturated carbocycles. The summed E-state index contributed by atoms with van der Waals surface area (Å²) in [7, 11) is 0. The fourth-order valence-electron chi connectivity index (χ4n) is 10.9. The van der Waals surface area contributed by atoms with Crippen molar-refractivity contribution in [3.05, 3.63) is 194 Å². The number of furan rings is 2. The van der Waals surface area contributed by atoms with Gasteiger partial charge >= 0.3 is 0 Å². The molecule has 0 aliphatic carbocycles. The van der Waals surface area contributed by atoms with Crippen LogP contribution in [0, 0.1) is 0 Å². The van der Waals surface area contributed by atoms with Crippen LogP contribution >= 0.6 is 22.7 Å². The molecule has 15 rings (SSSR count). The molecule has 11 aromatic carbocycles. The molecule has 0 N–H and O–H groups in total. The number of hydrogen-bond acceptors (Lipinski definition) is 4. The first-order chi connectivity index (χ1) is 31.7. The van der Waals surface area contributed by atoms with Gasteiger partial charge in [-0.05, 0) is 103 Å². The highest BCUT2D eigenvalue weighted by Crippen LogP contribution is 2.50. The lowest BCUT2D eigenvalue weighted by atomic mass is 9.85. The average Bonchev–Trinajstić information content (AvgIpc) is 4.12. The lowest BCUT2D eigenvalue weighted by molar-refractivity contribution is 0.670. The van der Waals surface area contributed by atoms with Crippen molar-refractivity contribution in [1.29, 1.82) is 0 Å². The minimum absolute atomic E-state index is 0.910. The first kappa shape index (κ1) is 34.8. The van der Waals surface area contributed by atoms with E-state index in [1.54, 1.807) is 0 Å². The molecule has 0 aliphatic rings. The van der Waals surface area contributed by atoms with Crippen molar-refractivity contribution < 1.29 is 8.83 Å². The zero-order chi connectivity index (χ0) is 41.6. The van der Waals surface area contributed by atoms with Gasteiger partial charge in [0, 0.05) is 73.0 Å². The molecule has 2 nitrogen and oxygen atoms in total. The standard InChI is InChI=1S/C60H32O2S2/c1-2-12-34-31-35(26-25-33(34)11-1)54-38-17-7-15-36(40-19-9-21-44-55-48(61-59(40)44)27-29-52-57(55)42-13-3-5-23-50(42)63-52)46(38)32-47-37(16-8-18-39(47)54)41-20-10-22-45-56-49(62-60(41)45)28-30-53-58(56)43-14-4-6-24-51(43)64-53/h1-32H. The third kappa shape index (κ3) is 4.73. The van der Waals surface area contributed by atoms with Crippen LogP contribution < -0.4 is 0 Å². The summed E-state index contributed by atoms with van der Waals surface area (Å²) >= 11 is 3.69. The second-order valence-corrected chi connectivity index (χ2v) is 19.2. The van der Waals surface area contributed by atoms with E-state index in [1.165, 1.54) is 94.6 Å². The molecule has 296 valence electrons. The molecular weight excluding hydrogens is 817 g/mol. The van der Waals surface area contributed by atoms with Gasteiger partial charge in [0.1, 0.15) is 22.3 Å². The Balaban J connectivity index is 1.05. The van der Waals surface area contributed by atoms with E-state index in [0.29, 0.717) is 0 Å². The van der Waals surface area contributed by atoms with Gasteiger partial charge in [0.05, 0.1) is 0 Å². The number of rotatable bonds is 3. The molecule has 64 heavy (non-hydrogen) atoms. The molecule has 0 atom stereocenters. The van der Waals surface area contributed by atoms with Gasteiger partial charge in [-0.15, -0.1) is 22.7 Å². The number of para-hydroxylation sites is 2. The van der Waals surface area contributed by atoms with Gasteiger partial charge < -0.3 is 8.83 Å². The Morgan fingerprint density at radius 1 is 0.281 bits per heavy atom. The van der Waals surface area contributed by atoms with Gasteiger partial charge in [0.25, 0.3) is 0 Å². The van der Waals surface area contributed by atoms with Crippen molar-refractivity contribution in [1.82, 2.24) is 0 Å². The Bertz CT molecular complexity index is 4250. The van der Waals surface area contributed by atoms with Crippen LogP contribution in [0.3, 0.4) is 0 Å². The van der Waals surface area contributed by atoms with Gasteiger partial charge in [-0.2, -0.15) is 0 Å². The summed E-state index contributed by atoms with van der Waals surface area (Å²) in [5.74, 6) is 0. The predicted molar refractivity (Wildman–Crippen MR) is 276 cm³/mol. The Morgan fingerprint density at radius 2 is 0.750 bits per heavy atom. The number of hydrogen-bond donors (Lipinski definition) is 0. The Hall–Kier alpha value is -7.76. The monoisotopic (exact) mass is 848 g/mol. The van der Waals surface area contributed by atoms with E-state index in [-0.39, 0.29) is 0 Å². The first-order valence-corrected chi connectivity index (χ1v) is 23.4. The molecule has 4 heteroatoms. The first-order valence-electron chi connectivity index (χ1n) is 21.7. The van der Waals surface area contributed by atoms with Crippen LogP contribution in [0.5, 0.6) is 0 Å². The van der Waals surface area contributed by atoms with Crippen LogP contribution in [-0.2, 0) is 0 Å². The van der Waals surface area contributed by atoms with Crippen LogP contribution in [0.25, 0.3) is 150 Å². The number of benzene rings is 11. The fourth-order valence-corrected chi connectivity index (χ4v) is 13.2. The van der Waals surface area contributed by atoms with E-state index in [2.05, 4.69) is 194 Å². The van der Waals surface area contributed by atoms with Crippen LogP contribution in [-0.4, -0.2) is 0 Å².